The van der Waals surface area contributed by atoms with Crippen molar-refractivity contribution in [3.8, 4) is 6.07 Å². The van der Waals surface area contributed by atoms with E-state index in [0.717, 1.165) is 15.4 Å². The lowest BCUT2D eigenvalue weighted by Crippen LogP contribution is -2.13. The van der Waals surface area contributed by atoms with Crippen molar-refractivity contribution in [3.63, 3.8) is 0 Å². The number of benzene rings is 2. The summed E-state index contributed by atoms with van der Waals surface area (Å²) in [7, 11) is 0. The Morgan fingerprint density at radius 3 is 2.77 bits per heavy atom. The highest BCUT2D eigenvalue weighted by molar-refractivity contribution is 9.10. The molecule has 1 amide bonds. The van der Waals surface area contributed by atoms with Gasteiger partial charge in [0, 0.05) is 32.8 Å². The van der Waals surface area contributed by atoms with E-state index in [0.29, 0.717) is 11.3 Å². The summed E-state index contributed by atoms with van der Waals surface area (Å²) in [6.45, 7) is 0. The molecule has 0 radical (unpaired) electrons. The van der Waals surface area contributed by atoms with Gasteiger partial charge in [-0.2, -0.15) is 5.26 Å². The SMILES string of the molecule is N#CC(=Cc1c[nH]c2ccc(Br)cc12)C(=O)Nc1cccc(C(=O)O)c1. The zero-order valence-corrected chi connectivity index (χ0v) is 14.9. The van der Waals surface area contributed by atoms with Gasteiger partial charge in [-0.05, 0) is 42.5 Å². The predicted octanol–water partition coefficient (Wildman–Crippen LogP) is 4.17. The van der Waals surface area contributed by atoms with Gasteiger partial charge >= 0.3 is 5.97 Å². The van der Waals surface area contributed by atoms with Crippen LogP contribution in [0, 0.1) is 11.3 Å². The van der Waals surface area contributed by atoms with Crippen LogP contribution in [0.1, 0.15) is 15.9 Å². The first-order valence-corrected chi connectivity index (χ1v) is 8.30. The topological polar surface area (TPSA) is 106 Å². The van der Waals surface area contributed by atoms with Crippen molar-refractivity contribution in [1.29, 1.82) is 5.26 Å². The highest BCUT2D eigenvalue weighted by Gasteiger charge is 2.12. The minimum atomic E-state index is -1.10. The third-order valence-corrected chi connectivity index (χ3v) is 4.20. The first-order chi connectivity index (χ1) is 12.5. The van der Waals surface area contributed by atoms with Crippen molar-refractivity contribution in [2.75, 3.05) is 5.32 Å². The molecule has 3 aromatic rings. The average Bonchev–Trinajstić information content (AvgIpc) is 3.01. The molecule has 128 valence electrons. The number of hydrogen-bond donors (Lipinski definition) is 3. The molecule has 3 N–H and O–H groups in total. The van der Waals surface area contributed by atoms with E-state index >= 15 is 0 Å². The molecule has 0 atom stereocenters. The third kappa shape index (κ3) is 3.66. The van der Waals surface area contributed by atoms with E-state index in [1.54, 1.807) is 12.3 Å². The minimum absolute atomic E-state index is 0.0479. The normalized spacial score (nSPS) is 11.2. The molecule has 0 aliphatic heterocycles. The molecule has 0 saturated carbocycles. The highest BCUT2D eigenvalue weighted by Crippen LogP contribution is 2.24. The van der Waals surface area contributed by atoms with Crippen LogP contribution >= 0.6 is 15.9 Å². The number of aromatic carboxylic acids is 1. The van der Waals surface area contributed by atoms with Gasteiger partial charge in [-0.1, -0.05) is 22.0 Å². The van der Waals surface area contributed by atoms with Crippen LogP contribution in [0.25, 0.3) is 17.0 Å². The summed E-state index contributed by atoms with van der Waals surface area (Å²) in [5, 5.41) is 21.8. The lowest BCUT2D eigenvalue weighted by molar-refractivity contribution is -0.112. The summed E-state index contributed by atoms with van der Waals surface area (Å²) in [4.78, 5) is 26.5. The summed E-state index contributed by atoms with van der Waals surface area (Å²) in [5.41, 5.74) is 1.84. The number of nitrogens with zero attached hydrogens (tertiary/aromatic N) is 1. The number of carboxylic acids is 1. The van der Waals surface area contributed by atoms with Crippen molar-refractivity contribution in [2.45, 2.75) is 0 Å². The van der Waals surface area contributed by atoms with E-state index in [9.17, 15) is 14.9 Å². The number of aromatic nitrogens is 1. The number of fused-ring (bicyclic) bond motifs is 1. The van der Waals surface area contributed by atoms with Gasteiger partial charge in [0.25, 0.3) is 5.91 Å². The highest BCUT2D eigenvalue weighted by atomic mass is 79.9. The summed E-state index contributed by atoms with van der Waals surface area (Å²) in [6.07, 6.45) is 3.20. The van der Waals surface area contributed by atoms with Crippen LogP contribution in [0.15, 0.2) is 58.7 Å². The molecule has 2 aromatic carbocycles. The van der Waals surface area contributed by atoms with Crippen LogP contribution in [-0.2, 0) is 4.79 Å². The fourth-order valence-corrected chi connectivity index (χ4v) is 2.83. The second-order valence-corrected chi connectivity index (χ2v) is 6.36. The number of nitriles is 1. The lowest BCUT2D eigenvalue weighted by atomic mass is 10.1. The number of carbonyl (C=O) groups excluding carboxylic acids is 1. The molecule has 6 nitrogen and oxygen atoms in total. The van der Waals surface area contributed by atoms with E-state index in [1.165, 1.54) is 24.3 Å². The van der Waals surface area contributed by atoms with Crippen molar-refractivity contribution < 1.29 is 14.7 Å². The van der Waals surface area contributed by atoms with E-state index < -0.39 is 11.9 Å². The number of carboxylic acid groups (broad SMARTS) is 1. The van der Waals surface area contributed by atoms with E-state index in [2.05, 4.69) is 26.2 Å². The first-order valence-electron chi connectivity index (χ1n) is 7.51. The lowest BCUT2D eigenvalue weighted by Gasteiger charge is -2.05. The molecule has 0 fully saturated rings. The maximum Gasteiger partial charge on any atom is 0.335 e. The minimum Gasteiger partial charge on any atom is -0.478 e. The van der Waals surface area contributed by atoms with Gasteiger partial charge in [0.2, 0.25) is 0 Å². The summed E-state index contributed by atoms with van der Waals surface area (Å²) < 4.78 is 0.882. The van der Waals surface area contributed by atoms with Crippen molar-refractivity contribution in [1.82, 2.24) is 4.98 Å². The number of hydrogen-bond acceptors (Lipinski definition) is 3. The van der Waals surface area contributed by atoms with Gasteiger partial charge in [-0.25, -0.2) is 4.79 Å². The van der Waals surface area contributed by atoms with Gasteiger partial charge in [0.15, 0.2) is 0 Å². The summed E-state index contributed by atoms with van der Waals surface area (Å²) in [6, 6.07) is 13.4. The number of H-pyrrole nitrogens is 1. The van der Waals surface area contributed by atoms with Crippen LogP contribution in [0.4, 0.5) is 5.69 Å². The number of rotatable bonds is 4. The molecule has 1 aromatic heterocycles. The van der Waals surface area contributed by atoms with Crippen molar-refractivity contribution in [2.24, 2.45) is 0 Å². The standard InChI is InChI=1S/C19H12BrN3O3/c20-14-4-5-17-16(8-14)13(10-22-17)6-12(9-21)18(24)23-15-3-1-2-11(7-15)19(25)26/h1-8,10,22H,(H,23,24)(H,25,26). The van der Waals surface area contributed by atoms with Gasteiger partial charge in [-0.3, -0.25) is 4.79 Å². The Balaban J connectivity index is 1.90. The first kappa shape index (κ1) is 17.5. The zero-order valence-electron chi connectivity index (χ0n) is 13.3. The Kier molecular flexibility index (Phi) is 4.87. The molecular formula is C19H12BrN3O3. The van der Waals surface area contributed by atoms with Crippen LogP contribution in [0.5, 0.6) is 0 Å². The summed E-state index contributed by atoms with van der Waals surface area (Å²) in [5.74, 6) is -1.71. The van der Waals surface area contributed by atoms with Gasteiger partial charge in [-0.15, -0.1) is 0 Å². The van der Waals surface area contributed by atoms with Crippen LogP contribution in [0.2, 0.25) is 0 Å². The second-order valence-electron chi connectivity index (χ2n) is 5.44. The smallest absolute Gasteiger partial charge is 0.335 e. The Hall–Kier alpha value is -3.37. The Morgan fingerprint density at radius 2 is 2.04 bits per heavy atom. The van der Waals surface area contributed by atoms with E-state index in [4.69, 9.17) is 5.11 Å². The Morgan fingerprint density at radius 1 is 1.23 bits per heavy atom. The molecule has 7 heteroatoms. The van der Waals surface area contributed by atoms with Gasteiger partial charge < -0.3 is 15.4 Å². The predicted molar refractivity (Wildman–Crippen MR) is 102 cm³/mol. The average molecular weight is 410 g/mol. The second kappa shape index (κ2) is 7.25. The number of carbonyl (C=O) groups is 2. The maximum atomic E-state index is 12.4. The van der Waals surface area contributed by atoms with Crippen LogP contribution < -0.4 is 5.32 Å². The molecule has 0 bridgehead atoms. The fraction of sp³-hybridized carbons (Fsp3) is 0. The van der Waals surface area contributed by atoms with Gasteiger partial charge in [0.1, 0.15) is 11.6 Å². The fourth-order valence-electron chi connectivity index (χ4n) is 2.47. The van der Waals surface area contributed by atoms with Crippen molar-refractivity contribution >= 4 is 50.5 Å². The molecule has 1 heterocycles. The molecule has 0 aliphatic rings. The number of anilines is 1. The number of halogens is 1. The van der Waals surface area contributed by atoms with Gasteiger partial charge in [0.05, 0.1) is 5.56 Å². The maximum absolute atomic E-state index is 12.4. The Bertz CT molecular complexity index is 1090. The van der Waals surface area contributed by atoms with E-state index in [-0.39, 0.29) is 11.1 Å². The largest absolute Gasteiger partial charge is 0.478 e. The third-order valence-electron chi connectivity index (χ3n) is 3.71. The molecule has 3 rings (SSSR count). The quantitative estimate of drug-likeness (QED) is 0.443. The zero-order chi connectivity index (χ0) is 18.7. The number of amides is 1. The monoisotopic (exact) mass is 409 g/mol. The molecule has 0 spiro atoms. The van der Waals surface area contributed by atoms with Crippen molar-refractivity contribution in [3.05, 3.63) is 69.8 Å². The summed E-state index contributed by atoms with van der Waals surface area (Å²) >= 11 is 3.40. The number of aromatic amines is 1. The molecule has 0 unspecified atom stereocenters. The molecule has 0 saturated heterocycles. The van der Waals surface area contributed by atoms with E-state index in [1.807, 2.05) is 24.3 Å². The molecule has 26 heavy (non-hydrogen) atoms. The molecule has 0 aliphatic carbocycles. The van der Waals surface area contributed by atoms with Crippen LogP contribution in [-0.4, -0.2) is 22.0 Å². The Labute approximate surface area is 156 Å². The molecular weight excluding hydrogens is 398 g/mol. The van der Waals surface area contributed by atoms with Crippen LogP contribution in [0.3, 0.4) is 0 Å². The number of nitrogens with one attached hydrogen (secondary N) is 2.